The van der Waals surface area contributed by atoms with Gasteiger partial charge in [0.1, 0.15) is 0 Å². The van der Waals surface area contributed by atoms with Crippen LogP contribution in [0, 0.1) is 16.0 Å². The van der Waals surface area contributed by atoms with E-state index < -0.39 is 6.10 Å². The number of rotatable bonds is 5. The van der Waals surface area contributed by atoms with Crippen LogP contribution in [0.15, 0.2) is 6.07 Å². The highest BCUT2D eigenvalue weighted by molar-refractivity contribution is 7.16. The van der Waals surface area contributed by atoms with Gasteiger partial charge in [0.05, 0.1) is 17.6 Å². The van der Waals surface area contributed by atoms with Crippen molar-refractivity contribution < 1.29 is 14.8 Å². The molecule has 1 aliphatic rings. The maximum Gasteiger partial charge on any atom is 0.304 e. The largest absolute Gasteiger partial charge is 0.388 e. The first-order valence-electron chi connectivity index (χ1n) is 6.23. The zero-order chi connectivity index (χ0) is 14.0. The Balaban J connectivity index is 2.21. The Morgan fingerprint density at radius 1 is 1.74 bits per heavy atom. The van der Waals surface area contributed by atoms with Crippen LogP contribution < -0.4 is 4.90 Å². The van der Waals surface area contributed by atoms with Gasteiger partial charge in [0.25, 0.3) is 0 Å². The fourth-order valence-electron chi connectivity index (χ4n) is 2.34. The molecule has 2 rings (SSSR count). The third-order valence-electron chi connectivity index (χ3n) is 3.30. The molecule has 19 heavy (non-hydrogen) atoms. The molecule has 0 aromatic carbocycles. The summed E-state index contributed by atoms with van der Waals surface area (Å²) in [6, 6.07) is 1.48. The summed E-state index contributed by atoms with van der Waals surface area (Å²) in [5, 5.41) is 21.3. The Bertz CT molecular complexity index is 461. The van der Waals surface area contributed by atoms with Gasteiger partial charge >= 0.3 is 5.69 Å². The number of anilines is 1. The fourth-order valence-corrected chi connectivity index (χ4v) is 3.44. The lowest BCUT2D eigenvalue weighted by Crippen LogP contribution is -2.20. The first-order valence-corrected chi connectivity index (χ1v) is 7.04. The van der Waals surface area contributed by atoms with E-state index in [1.165, 1.54) is 17.4 Å². The molecular weight excluding hydrogens is 268 g/mol. The zero-order valence-corrected chi connectivity index (χ0v) is 11.9. The molecule has 0 amide bonds. The van der Waals surface area contributed by atoms with Gasteiger partial charge in [-0.05, 0) is 13.3 Å². The number of hydrogen-bond acceptors (Lipinski definition) is 6. The molecule has 106 valence electrons. The second-order valence-electron chi connectivity index (χ2n) is 4.83. The number of ether oxygens (including phenoxy) is 1. The normalized spacial score (nSPS) is 20.8. The molecule has 0 spiro atoms. The molecule has 1 aromatic rings. The lowest BCUT2D eigenvalue weighted by Gasteiger charge is -2.15. The molecule has 0 radical (unpaired) electrons. The minimum Gasteiger partial charge on any atom is -0.388 e. The lowest BCUT2D eigenvalue weighted by molar-refractivity contribution is -0.383. The number of methoxy groups -OCH3 is 1. The number of aliphatic hydroxyl groups is 1. The van der Waals surface area contributed by atoms with Crippen molar-refractivity contribution in [2.45, 2.75) is 19.4 Å². The molecular formula is C12H18N2O4S. The third kappa shape index (κ3) is 3.05. The minimum absolute atomic E-state index is 0.0963. The molecule has 1 unspecified atom stereocenters. The molecule has 6 nitrogen and oxygen atoms in total. The summed E-state index contributed by atoms with van der Waals surface area (Å²) in [5.41, 5.74) is 0.0963. The van der Waals surface area contributed by atoms with E-state index in [1.54, 1.807) is 14.0 Å². The number of thiophene rings is 1. The first kappa shape index (κ1) is 14.2. The Hall–Kier alpha value is -1.18. The predicted octanol–water partition coefficient (Wildman–Crippen LogP) is 2.18. The van der Waals surface area contributed by atoms with Crippen LogP contribution in [0.25, 0.3) is 0 Å². The van der Waals surface area contributed by atoms with Crippen molar-refractivity contribution in [1.29, 1.82) is 0 Å². The van der Waals surface area contributed by atoms with Crippen LogP contribution in [0.2, 0.25) is 0 Å². The number of nitro groups is 1. The van der Waals surface area contributed by atoms with Gasteiger partial charge in [-0.2, -0.15) is 0 Å². The van der Waals surface area contributed by atoms with Gasteiger partial charge in [-0.3, -0.25) is 10.1 Å². The van der Waals surface area contributed by atoms with Gasteiger partial charge in [0, 0.05) is 37.1 Å². The lowest BCUT2D eigenvalue weighted by atomic mass is 10.1. The van der Waals surface area contributed by atoms with Crippen molar-refractivity contribution in [2.24, 2.45) is 5.92 Å². The summed E-state index contributed by atoms with van der Waals surface area (Å²) in [5.74, 6) is 0.418. The van der Waals surface area contributed by atoms with Crippen LogP contribution in [0.5, 0.6) is 0 Å². The SMILES string of the molecule is COCC1CCN(c2sc([C@H](C)O)cc2[N+](=O)[O-])C1. The van der Waals surface area contributed by atoms with E-state index in [0.717, 1.165) is 19.5 Å². The summed E-state index contributed by atoms with van der Waals surface area (Å²) < 4.78 is 5.13. The van der Waals surface area contributed by atoms with Crippen LogP contribution in [0.3, 0.4) is 0 Å². The first-order chi connectivity index (χ1) is 9.02. The van der Waals surface area contributed by atoms with E-state index in [4.69, 9.17) is 4.74 Å². The average molecular weight is 286 g/mol. The van der Waals surface area contributed by atoms with Crippen LogP contribution in [-0.4, -0.2) is 36.8 Å². The smallest absolute Gasteiger partial charge is 0.304 e. The number of aliphatic hydroxyl groups excluding tert-OH is 1. The maximum atomic E-state index is 11.1. The highest BCUT2D eigenvalue weighted by Gasteiger charge is 2.30. The van der Waals surface area contributed by atoms with E-state index in [2.05, 4.69) is 0 Å². The summed E-state index contributed by atoms with van der Waals surface area (Å²) in [4.78, 5) is 13.4. The summed E-state index contributed by atoms with van der Waals surface area (Å²) in [6.07, 6.45) is 0.308. The van der Waals surface area contributed by atoms with E-state index in [-0.39, 0.29) is 10.6 Å². The summed E-state index contributed by atoms with van der Waals surface area (Å²) >= 11 is 1.31. The third-order valence-corrected chi connectivity index (χ3v) is 4.65. The van der Waals surface area contributed by atoms with Gasteiger partial charge in [0.15, 0.2) is 5.00 Å². The second-order valence-corrected chi connectivity index (χ2v) is 5.89. The van der Waals surface area contributed by atoms with E-state index in [0.29, 0.717) is 22.4 Å². The van der Waals surface area contributed by atoms with Gasteiger partial charge in [-0.25, -0.2) is 0 Å². The molecule has 1 N–H and O–H groups in total. The molecule has 1 saturated heterocycles. The van der Waals surface area contributed by atoms with Crippen molar-refractivity contribution in [3.63, 3.8) is 0 Å². The van der Waals surface area contributed by atoms with Crippen molar-refractivity contribution in [1.82, 2.24) is 0 Å². The zero-order valence-electron chi connectivity index (χ0n) is 11.0. The van der Waals surface area contributed by atoms with Gasteiger partial charge in [-0.15, -0.1) is 11.3 Å². The predicted molar refractivity (Wildman–Crippen MR) is 73.8 cm³/mol. The highest BCUT2D eigenvalue weighted by atomic mass is 32.1. The van der Waals surface area contributed by atoms with Gasteiger partial charge in [-0.1, -0.05) is 0 Å². The van der Waals surface area contributed by atoms with E-state index in [9.17, 15) is 15.2 Å². The van der Waals surface area contributed by atoms with Gasteiger partial charge < -0.3 is 14.7 Å². The quantitative estimate of drug-likeness (QED) is 0.663. The summed E-state index contributed by atoms with van der Waals surface area (Å²) in [7, 11) is 1.67. The molecule has 2 atom stereocenters. The maximum absolute atomic E-state index is 11.1. The second kappa shape index (κ2) is 5.85. The van der Waals surface area contributed by atoms with Crippen molar-refractivity contribution in [3.8, 4) is 0 Å². The van der Waals surface area contributed by atoms with E-state index in [1.807, 2.05) is 4.90 Å². The standard InChI is InChI=1S/C12H18N2O4S/c1-8(15)11-5-10(14(16)17)12(19-11)13-4-3-9(6-13)7-18-2/h5,8-9,15H,3-4,6-7H2,1-2H3/t8-,9?/m0/s1. The van der Waals surface area contributed by atoms with Crippen LogP contribution in [0.1, 0.15) is 24.3 Å². The number of nitrogens with zero attached hydrogens (tertiary/aromatic N) is 2. The van der Waals surface area contributed by atoms with E-state index >= 15 is 0 Å². The minimum atomic E-state index is -0.671. The van der Waals surface area contributed by atoms with Crippen molar-refractivity contribution >= 4 is 22.0 Å². The molecule has 1 aliphatic heterocycles. The fraction of sp³-hybridized carbons (Fsp3) is 0.667. The Morgan fingerprint density at radius 2 is 2.47 bits per heavy atom. The monoisotopic (exact) mass is 286 g/mol. The molecule has 0 aliphatic carbocycles. The molecule has 0 bridgehead atoms. The van der Waals surface area contributed by atoms with Gasteiger partial charge in [0.2, 0.25) is 0 Å². The van der Waals surface area contributed by atoms with Crippen molar-refractivity contribution in [3.05, 3.63) is 21.1 Å². The topological polar surface area (TPSA) is 75.8 Å². The molecule has 2 heterocycles. The molecule has 7 heteroatoms. The summed E-state index contributed by atoms with van der Waals surface area (Å²) in [6.45, 7) is 3.87. The van der Waals surface area contributed by atoms with Crippen LogP contribution in [0.4, 0.5) is 10.7 Å². The molecule has 0 saturated carbocycles. The average Bonchev–Trinajstić information content (AvgIpc) is 2.94. The Morgan fingerprint density at radius 3 is 3.05 bits per heavy atom. The highest BCUT2D eigenvalue weighted by Crippen LogP contribution is 2.41. The molecule has 1 aromatic heterocycles. The van der Waals surface area contributed by atoms with Crippen LogP contribution in [-0.2, 0) is 4.74 Å². The Labute approximate surface area is 115 Å². The Kier molecular flexibility index (Phi) is 4.38. The van der Waals surface area contributed by atoms with Crippen LogP contribution >= 0.6 is 11.3 Å². The molecule has 1 fully saturated rings. The van der Waals surface area contributed by atoms with Crippen molar-refractivity contribution in [2.75, 3.05) is 31.7 Å². The number of hydrogen-bond donors (Lipinski definition) is 1.